The summed E-state index contributed by atoms with van der Waals surface area (Å²) in [6.45, 7) is 6.86. The summed E-state index contributed by atoms with van der Waals surface area (Å²) >= 11 is 1.23. The average molecular weight is 407 g/mol. The summed E-state index contributed by atoms with van der Waals surface area (Å²) in [5.41, 5.74) is 3.45. The third-order valence-electron chi connectivity index (χ3n) is 5.17. The van der Waals surface area contributed by atoms with E-state index in [2.05, 4.69) is 23.5 Å². The van der Waals surface area contributed by atoms with Crippen LogP contribution >= 0.6 is 11.3 Å². The summed E-state index contributed by atoms with van der Waals surface area (Å²) < 4.78 is 27.1. The van der Waals surface area contributed by atoms with Crippen molar-refractivity contribution in [1.29, 1.82) is 0 Å². The third kappa shape index (κ3) is 4.42. The van der Waals surface area contributed by atoms with Crippen molar-refractivity contribution in [2.75, 3.05) is 13.1 Å². The molecule has 1 aliphatic rings. The Balaban J connectivity index is 1.59. The molecule has 2 heterocycles. The first kappa shape index (κ1) is 20.0. The van der Waals surface area contributed by atoms with Gasteiger partial charge in [0.2, 0.25) is 5.91 Å². The number of benzene rings is 1. The minimum absolute atomic E-state index is 0.0107. The van der Waals surface area contributed by atoms with Crippen LogP contribution in [0, 0.1) is 19.8 Å². The predicted molar refractivity (Wildman–Crippen MR) is 108 cm³/mol. The van der Waals surface area contributed by atoms with Gasteiger partial charge in [-0.2, -0.15) is 4.31 Å². The maximum atomic E-state index is 12.7. The number of carbonyl (C=O) groups is 1. The van der Waals surface area contributed by atoms with Crippen molar-refractivity contribution in [2.45, 2.75) is 43.9 Å². The number of piperidine rings is 1. The molecule has 0 spiro atoms. The van der Waals surface area contributed by atoms with E-state index in [0.29, 0.717) is 30.1 Å². The monoisotopic (exact) mass is 406 g/mol. The van der Waals surface area contributed by atoms with Crippen molar-refractivity contribution in [3.8, 4) is 0 Å². The van der Waals surface area contributed by atoms with Crippen molar-refractivity contribution in [1.82, 2.24) is 9.62 Å². The van der Waals surface area contributed by atoms with E-state index in [1.54, 1.807) is 17.5 Å². The zero-order valence-corrected chi connectivity index (χ0v) is 17.6. The highest BCUT2D eigenvalue weighted by atomic mass is 32.2. The van der Waals surface area contributed by atoms with Crippen LogP contribution in [-0.4, -0.2) is 31.7 Å². The summed E-state index contributed by atoms with van der Waals surface area (Å²) in [4.78, 5) is 12.7. The Bertz CT molecular complexity index is 899. The van der Waals surface area contributed by atoms with Gasteiger partial charge in [0.15, 0.2) is 0 Å². The largest absolute Gasteiger partial charge is 0.349 e. The summed E-state index contributed by atoms with van der Waals surface area (Å²) in [7, 11) is -3.42. The molecule has 7 heteroatoms. The molecule has 1 atom stereocenters. The zero-order valence-electron chi connectivity index (χ0n) is 15.9. The fourth-order valence-electron chi connectivity index (χ4n) is 3.53. The second-order valence-corrected chi connectivity index (χ2v) is 10.3. The molecule has 0 saturated carbocycles. The zero-order chi connectivity index (χ0) is 19.6. The van der Waals surface area contributed by atoms with Crippen LogP contribution in [0.4, 0.5) is 0 Å². The van der Waals surface area contributed by atoms with Crippen LogP contribution in [-0.2, 0) is 14.8 Å². The lowest BCUT2D eigenvalue weighted by atomic mass is 9.95. The number of nitrogens with zero attached hydrogens (tertiary/aromatic N) is 1. The lowest BCUT2D eigenvalue weighted by Crippen LogP contribution is -2.43. The quantitative estimate of drug-likeness (QED) is 0.824. The molecule has 1 aromatic carbocycles. The first-order valence-electron chi connectivity index (χ1n) is 9.20. The molecule has 2 aromatic rings. The van der Waals surface area contributed by atoms with Crippen LogP contribution in [0.2, 0.25) is 0 Å². The Kier molecular flexibility index (Phi) is 6.03. The smallest absolute Gasteiger partial charge is 0.252 e. The SMILES string of the molecule is Cc1ccc(C)c([C@@H](C)NC(=O)C2CCN(S(=O)(=O)c3cccs3)CC2)c1. The Morgan fingerprint density at radius 1 is 1.22 bits per heavy atom. The van der Waals surface area contributed by atoms with Gasteiger partial charge in [0.05, 0.1) is 6.04 Å². The van der Waals surface area contributed by atoms with Crippen molar-refractivity contribution in [3.63, 3.8) is 0 Å². The number of amides is 1. The molecular weight excluding hydrogens is 380 g/mol. The van der Waals surface area contributed by atoms with Crippen molar-refractivity contribution in [2.24, 2.45) is 5.92 Å². The van der Waals surface area contributed by atoms with Crippen molar-refractivity contribution < 1.29 is 13.2 Å². The molecule has 1 N–H and O–H groups in total. The summed E-state index contributed by atoms with van der Waals surface area (Å²) in [5, 5.41) is 4.88. The van der Waals surface area contributed by atoms with Crippen LogP contribution in [0.1, 0.15) is 42.5 Å². The lowest BCUT2D eigenvalue weighted by Gasteiger charge is -2.31. The molecule has 27 heavy (non-hydrogen) atoms. The summed E-state index contributed by atoms with van der Waals surface area (Å²) in [6, 6.07) is 9.55. The first-order valence-corrected chi connectivity index (χ1v) is 11.5. The molecule has 0 bridgehead atoms. The van der Waals surface area contributed by atoms with Crippen LogP contribution in [0.25, 0.3) is 0 Å². The third-order valence-corrected chi connectivity index (χ3v) is 8.45. The highest BCUT2D eigenvalue weighted by Gasteiger charge is 2.33. The number of rotatable bonds is 5. The van der Waals surface area contributed by atoms with Crippen LogP contribution in [0.5, 0.6) is 0 Å². The number of aryl methyl sites for hydroxylation is 2. The molecular formula is C20H26N2O3S2. The van der Waals surface area contributed by atoms with Gasteiger partial charge in [-0.25, -0.2) is 8.42 Å². The van der Waals surface area contributed by atoms with E-state index >= 15 is 0 Å². The normalized spacial score (nSPS) is 17.6. The fraction of sp³-hybridized carbons (Fsp3) is 0.450. The highest BCUT2D eigenvalue weighted by molar-refractivity contribution is 7.91. The number of thiophene rings is 1. The van der Waals surface area contributed by atoms with E-state index in [-0.39, 0.29) is 17.9 Å². The second-order valence-electron chi connectivity index (χ2n) is 7.20. The molecule has 1 aromatic heterocycles. The number of sulfonamides is 1. The van der Waals surface area contributed by atoms with E-state index in [0.717, 1.165) is 11.1 Å². The summed E-state index contributed by atoms with van der Waals surface area (Å²) in [5.74, 6) is -0.135. The van der Waals surface area contributed by atoms with Gasteiger partial charge < -0.3 is 5.32 Å². The molecule has 1 aliphatic heterocycles. The molecule has 0 aliphatic carbocycles. The summed E-state index contributed by atoms with van der Waals surface area (Å²) in [6.07, 6.45) is 1.10. The van der Waals surface area contributed by atoms with Crippen molar-refractivity contribution >= 4 is 27.3 Å². The molecule has 1 fully saturated rings. The van der Waals surface area contributed by atoms with Crippen molar-refractivity contribution in [3.05, 3.63) is 52.4 Å². The topological polar surface area (TPSA) is 66.5 Å². The Morgan fingerprint density at radius 2 is 1.93 bits per heavy atom. The van der Waals surface area contributed by atoms with Gasteiger partial charge >= 0.3 is 0 Å². The number of nitrogens with one attached hydrogen (secondary N) is 1. The van der Waals surface area contributed by atoms with Gasteiger partial charge in [-0.1, -0.05) is 29.8 Å². The van der Waals surface area contributed by atoms with Gasteiger partial charge in [-0.3, -0.25) is 4.79 Å². The van der Waals surface area contributed by atoms with Crippen LogP contribution < -0.4 is 5.32 Å². The van der Waals surface area contributed by atoms with Crippen LogP contribution in [0.15, 0.2) is 39.9 Å². The Hall–Kier alpha value is -1.70. The maximum Gasteiger partial charge on any atom is 0.252 e. The number of hydrogen-bond donors (Lipinski definition) is 1. The lowest BCUT2D eigenvalue weighted by molar-refractivity contribution is -0.126. The number of carbonyl (C=O) groups excluding carboxylic acids is 1. The molecule has 0 radical (unpaired) electrons. The minimum Gasteiger partial charge on any atom is -0.349 e. The second kappa shape index (κ2) is 8.12. The van der Waals surface area contributed by atoms with E-state index in [9.17, 15) is 13.2 Å². The molecule has 3 rings (SSSR count). The van der Waals surface area contributed by atoms with Gasteiger partial charge in [-0.15, -0.1) is 11.3 Å². The number of hydrogen-bond acceptors (Lipinski definition) is 4. The van der Waals surface area contributed by atoms with Crippen LogP contribution in [0.3, 0.4) is 0 Å². The molecule has 1 saturated heterocycles. The Labute approximate surface area is 165 Å². The minimum atomic E-state index is -3.42. The highest BCUT2D eigenvalue weighted by Crippen LogP contribution is 2.27. The van der Waals surface area contributed by atoms with Gasteiger partial charge in [-0.05, 0) is 56.2 Å². The first-order chi connectivity index (χ1) is 12.8. The Morgan fingerprint density at radius 3 is 2.56 bits per heavy atom. The van der Waals surface area contributed by atoms with Gasteiger partial charge in [0.25, 0.3) is 10.0 Å². The standard InChI is InChI=1S/C20H26N2O3S2/c1-14-6-7-15(2)18(13-14)16(3)21-20(23)17-8-10-22(11-9-17)27(24,25)19-5-4-12-26-19/h4-7,12-13,16-17H,8-11H2,1-3H3,(H,21,23)/t16-/m1/s1. The van der Waals surface area contributed by atoms with E-state index < -0.39 is 10.0 Å². The molecule has 1 amide bonds. The van der Waals surface area contributed by atoms with E-state index in [1.165, 1.54) is 21.2 Å². The van der Waals surface area contributed by atoms with Gasteiger partial charge in [0, 0.05) is 19.0 Å². The molecule has 146 valence electrons. The van der Waals surface area contributed by atoms with E-state index in [1.807, 2.05) is 20.8 Å². The maximum absolute atomic E-state index is 12.7. The predicted octanol–water partition coefficient (Wildman–Crippen LogP) is 3.64. The molecule has 5 nitrogen and oxygen atoms in total. The molecule has 0 unspecified atom stereocenters. The van der Waals surface area contributed by atoms with Gasteiger partial charge in [0.1, 0.15) is 4.21 Å². The van der Waals surface area contributed by atoms with E-state index in [4.69, 9.17) is 0 Å². The average Bonchev–Trinajstić information content (AvgIpc) is 3.19. The fourth-order valence-corrected chi connectivity index (χ4v) is 6.15.